The van der Waals surface area contributed by atoms with Gasteiger partial charge in [0.15, 0.2) is 0 Å². The van der Waals surface area contributed by atoms with Crippen LogP contribution in [0.2, 0.25) is 0 Å². The van der Waals surface area contributed by atoms with Gasteiger partial charge in [0.05, 0.1) is 45.1 Å². The maximum absolute atomic E-state index is 13.5. The number of aromatic nitrogens is 1. The zero-order chi connectivity index (χ0) is 26.2. The molecule has 0 radical (unpaired) electrons. The lowest BCUT2D eigenvalue weighted by Crippen LogP contribution is -2.46. The molecule has 1 aliphatic heterocycles. The van der Waals surface area contributed by atoms with E-state index in [0.29, 0.717) is 5.76 Å². The standard InChI is InChI=1S/C24H17N5O6S2/c25-13-16-19(17-9-5-11-35-17)20(22(30)27-28-37(32,33)15-7-2-1-3-8-15)24-29(21(16)26)23(31)18(36-24)12-14-6-4-10-34-14/h1-12,19,28H,26H2,(H,27,30)/b18-12-. The molecule has 1 amide bonds. The topological polar surface area (TPSA) is 173 Å². The fourth-order valence-electron chi connectivity index (χ4n) is 3.85. The number of nitrogens with two attached hydrogens (primary N) is 1. The first-order chi connectivity index (χ1) is 17.8. The van der Waals surface area contributed by atoms with Crippen LogP contribution in [0, 0.1) is 11.3 Å². The van der Waals surface area contributed by atoms with E-state index in [0.717, 1.165) is 15.9 Å². The molecule has 4 heterocycles. The summed E-state index contributed by atoms with van der Waals surface area (Å²) in [6.45, 7) is 0. The SMILES string of the molecule is N#CC1=C(N)n2c(s/c(=C\c3ccco3)c2=O)=C(C(=O)NNS(=O)(=O)c2ccccc2)C1c1ccco1. The van der Waals surface area contributed by atoms with E-state index in [1.165, 1.54) is 42.9 Å². The Morgan fingerprint density at radius 3 is 2.49 bits per heavy atom. The van der Waals surface area contributed by atoms with Crippen LogP contribution in [0.1, 0.15) is 17.4 Å². The summed E-state index contributed by atoms with van der Waals surface area (Å²) in [6.07, 6.45) is 4.28. The molecule has 0 spiro atoms. The molecule has 1 unspecified atom stereocenters. The lowest BCUT2D eigenvalue weighted by atomic mass is 9.87. The van der Waals surface area contributed by atoms with Gasteiger partial charge in [0, 0.05) is 6.08 Å². The van der Waals surface area contributed by atoms with Gasteiger partial charge in [0.25, 0.3) is 21.5 Å². The normalized spacial score (nSPS) is 15.9. The number of nitrogens with zero attached hydrogens (tertiary/aromatic N) is 2. The van der Waals surface area contributed by atoms with E-state index in [2.05, 4.69) is 10.3 Å². The van der Waals surface area contributed by atoms with Gasteiger partial charge in [-0.2, -0.15) is 5.26 Å². The van der Waals surface area contributed by atoms with Crippen LogP contribution in [-0.4, -0.2) is 18.9 Å². The number of carbonyl (C=O) groups excluding carboxylic acids is 1. The van der Waals surface area contributed by atoms with E-state index in [1.807, 2.05) is 6.07 Å². The average Bonchev–Trinajstić information content (AvgIpc) is 3.66. The number of hydrogen-bond donors (Lipinski definition) is 3. The Balaban J connectivity index is 1.69. The average molecular weight is 536 g/mol. The van der Waals surface area contributed by atoms with Crippen LogP contribution < -0.4 is 30.7 Å². The molecule has 13 heteroatoms. The molecule has 4 N–H and O–H groups in total. The van der Waals surface area contributed by atoms with E-state index < -0.39 is 27.4 Å². The maximum atomic E-state index is 13.5. The molecule has 0 fully saturated rings. The Hall–Kier alpha value is -4.64. The van der Waals surface area contributed by atoms with Crippen molar-refractivity contribution >= 4 is 44.7 Å². The van der Waals surface area contributed by atoms with Crippen LogP contribution in [0.4, 0.5) is 0 Å². The quantitative estimate of drug-likeness (QED) is 0.300. The number of nitriles is 1. The molecule has 37 heavy (non-hydrogen) atoms. The number of hydrazine groups is 1. The highest BCUT2D eigenvalue weighted by Gasteiger charge is 2.37. The summed E-state index contributed by atoms with van der Waals surface area (Å²) in [5.74, 6) is -1.57. The maximum Gasteiger partial charge on any atom is 0.274 e. The molecule has 0 saturated carbocycles. The summed E-state index contributed by atoms with van der Waals surface area (Å²) in [5.41, 5.74) is 7.67. The Kier molecular flexibility index (Phi) is 6.14. The fourth-order valence-corrected chi connectivity index (χ4v) is 5.86. The van der Waals surface area contributed by atoms with Crippen molar-refractivity contribution in [1.29, 1.82) is 5.26 Å². The van der Waals surface area contributed by atoms with Gasteiger partial charge in [-0.25, -0.2) is 8.42 Å². The number of allylic oxidation sites excluding steroid dienone is 1. The Bertz CT molecular complexity index is 1840. The van der Waals surface area contributed by atoms with Crippen LogP contribution in [0.25, 0.3) is 17.5 Å². The van der Waals surface area contributed by atoms with Crippen LogP contribution in [0.5, 0.6) is 0 Å². The third-order valence-corrected chi connectivity index (χ3v) is 7.88. The number of hydrogen-bond acceptors (Lipinski definition) is 9. The Morgan fingerprint density at radius 2 is 1.84 bits per heavy atom. The number of furan rings is 2. The summed E-state index contributed by atoms with van der Waals surface area (Å²) in [4.78, 5) is 28.8. The van der Waals surface area contributed by atoms with Crippen molar-refractivity contribution in [2.24, 2.45) is 5.73 Å². The van der Waals surface area contributed by atoms with Crippen LogP contribution in [-0.2, 0) is 14.8 Å². The predicted molar refractivity (Wildman–Crippen MR) is 133 cm³/mol. The first kappa shape index (κ1) is 24.1. The van der Waals surface area contributed by atoms with Crippen LogP contribution >= 0.6 is 11.3 Å². The molecule has 0 saturated heterocycles. The van der Waals surface area contributed by atoms with E-state index in [-0.39, 0.29) is 36.8 Å². The largest absolute Gasteiger partial charge is 0.468 e. The van der Waals surface area contributed by atoms with Gasteiger partial charge in [-0.1, -0.05) is 18.2 Å². The van der Waals surface area contributed by atoms with Crippen molar-refractivity contribution in [3.05, 3.63) is 104 Å². The molecule has 4 aromatic rings. The van der Waals surface area contributed by atoms with Crippen molar-refractivity contribution in [2.75, 3.05) is 0 Å². The molecular formula is C24H17N5O6S2. The third kappa shape index (κ3) is 4.29. The van der Waals surface area contributed by atoms with Gasteiger partial charge >= 0.3 is 0 Å². The monoisotopic (exact) mass is 535 g/mol. The number of benzene rings is 1. The number of sulfonamides is 1. The Labute approximate surface area is 213 Å². The highest BCUT2D eigenvalue weighted by Crippen LogP contribution is 2.36. The molecule has 3 aromatic heterocycles. The number of nitrogens with one attached hydrogen (secondary N) is 2. The molecule has 0 bridgehead atoms. The predicted octanol–water partition coefficient (Wildman–Crippen LogP) is 0.533. The minimum absolute atomic E-state index is 0.0725. The van der Waals surface area contributed by atoms with Gasteiger partial charge < -0.3 is 14.6 Å². The third-order valence-electron chi connectivity index (χ3n) is 5.51. The van der Waals surface area contributed by atoms with Crippen molar-refractivity contribution in [1.82, 2.24) is 14.8 Å². The summed E-state index contributed by atoms with van der Waals surface area (Å²) in [6, 6.07) is 15.8. The van der Waals surface area contributed by atoms with Crippen LogP contribution in [0.3, 0.4) is 0 Å². The van der Waals surface area contributed by atoms with Crippen LogP contribution in [0.15, 0.2) is 91.2 Å². The Morgan fingerprint density at radius 1 is 1.11 bits per heavy atom. The summed E-state index contributed by atoms with van der Waals surface area (Å²) in [7, 11) is -4.11. The van der Waals surface area contributed by atoms with Crippen molar-refractivity contribution in [3.63, 3.8) is 0 Å². The lowest BCUT2D eigenvalue weighted by Gasteiger charge is -2.23. The lowest BCUT2D eigenvalue weighted by molar-refractivity contribution is -0.116. The number of thiazole rings is 1. The molecule has 11 nitrogen and oxygen atoms in total. The zero-order valence-corrected chi connectivity index (χ0v) is 20.4. The molecule has 0 aliphatic carbocycles. The summed E-state index contributed by atoms with van der Waals surface area (Å²) in [5, 5.41) is 9.95. The first-order valence-corrected chi connectivity index (χ1v) is 12.9. The molecule has 1 aliphatic rings. The minimum Gasteiger partial charge on any atom is -0.468 e. The van der Waals surface area contributed by atoms with Crippen molar-refractivity contribution < 1.29 is 22.0 Å². The van der Waals surface area contributed by atoms with Gasteiger partial charge in [-0.3, -0.25) is 19.6 Å². The molecule has 186 valence electrons. The summed E-state index contributed by atoms with van der Waals surface area (Å²) < 4.78 is 37.5. The second-order valence-corrected chi connectivity index (χ2v) is 10.4. The number of carbonyl (C=O) groups is 1. The second kappa shape index (κ2) is 9.43. The smallest absolute Gasteiger partial charge is 0.274 e. The number of fused-ring (bicyclic) bond motifs is 1. The van der Waals surface area contributed by atoms with Crippen molar-refractivity contribution in [2.45, 2.75) is 10.8 Å². The highest BCUT2D eigenvalue weighted by molar-refractivity contribution is 7.89. The minimum atomic E-state index is -4.11. The zero-order valence-electron chi connectivity index (χ0n) is 18.7. The summed E-state index contributed by atoms with van der Waals surface area (Å²) >= 11 is 0.938. The van der Waals surface area contributed by atoms with E-state index in [9.17, 15) is 23.3 Å². The van der Waals surface area contributed by atoms with E-state index in [1.54, 1.807) is 30.3 Å². The van der Waals surface area contributed by atoms with Gasteiger partial charge in [0.1, 0.15) is 22.0 Å². The van der Waals surface area contributed by atoms with Gasteiger partial charge in [0.2, 0.25) is 0 Å². The van der Waals surface area contributed by atoms with Gasteiger partial charge in [-0.05, 0) is 36.4 Å². The van der Waals surface area contributed by atoms with E-state index >= 15 is 0 Å². The first-order valence-electron chi connectivity index (χ1n) is 10.6. The number of amides is 1. The second-order valence-electron chi connectivity index (χ2n) is 7.72. The molecule has 1 atom stereocenters. The fraction of sp³-hybridized carbons (Fsp3) is 0.0417. The van der Waals surface area contributed by atoms with Crippen molar-refractivity contribution in [3.8, 4) is 6.07 Å². The van der Waals surface area contributed by atoms with Gasteiger partial charge in [-0.15, -0.1) is 16.2 Å². The molecule has 5 rings (SSSR count). The molecule has 1 aromatic carbocycles. The van der Waals surface area contributed by atoms with E-state index in [4.69, 9.17) is 14.6 Å². The number of rotatable bonds is 6. The highest BCUT2D eigenvalue weighted by atomic mass is 32.2. The molecular weight excluding hydrogens is 518 g/mol.